The maximum absolute atomic E-state index is 9.72. The van der Waals surface area contributed by atoms with Gasteiger partial charge in [0.1, 0.15) is 0 Å². The molecule has 0 saturated heterocycles. The predicted molar refractivity (Wildman–Crippen MR) is 212 cm³/mol. The van der Waals surface area contributed by atoms with E-state index in [4.69, 9.17) is 26.0 Å². The molecule has 236 valence electrons. The van der Waals surface area contributed by atoms with Crippen molar-refractivity contribution >= 4 is 38.9 Å². The first-order valence-electron chi connectivity index (χ1n) is 30.9. The average Bonchev–Trinajstić information content (AvgIpc) is 1.68. The number of hydrogen-bond donors (Lipinski definition) is 0. The minimum absolute atomic E-state index is 0.386. The van der Waals surface area contributed by atoms with Crippen molar-refractivity contribution in [3.05, 3.63) is 205 Å². The highest BCUT2D eigenvalue weighted by atomic mass is 15.1. The van der Waals surface area contributed by atoms with E-state index >= 15 is 0 Å². The van der Waals surface area contributed by atoms with Crippen LogP contribution in [-0.2, 0) is 0 Å². The van der Waals surface area contributed by atoms with Crippen molar-refractivity contribution < 1.29 is 45.2 Å². The molecular weight excluding hydrogens is 605 g/mol. The molecule has 0 radical (unpaired) electrons. The molecule has 0 aliphatic rings. The minimum atomic E-state index is -1.30. The lowest BCUT2D eigenvalue weighted by molar-refractivity contribution is 1.18. The Hall–Kier alpha value is -6.64. The Labute approximate surface area is 339 Å². The maximum Gasteiger partial charge on any atom is 0.0645 e. The molecule has 0 aliphatic heterocycles. The van der Waals surface area contributed by atoms with Crippen LogP contribution in [0, 0.1) is 0 Å². The van der Waals surface area contributed by atoms with Gasteiger partial charge in [0.05, 0.1) is 62.0 Å². The van der Waals surface area contributed by atoms with Crippen LogP contribution in [0.2, 0.25) is 0 Å². The van der Waals surface area contributed by atoms with Crippen LogP contribution < -0.4 is 4.90 Å². The summed E-state index contributed by atoms with van der Waals surface area (Å²) in [4.78, 5) is 0.386. The lowest BCUT2D eigenvalue weighted by Crippen LogP contribution is -2.11. The number of hydrogen-bond acceptors (Lipinski definition) is 1. The summed E-state index contributed by atoms with van der Waals surface area (Å²) in [5.74, 6) is 0. The number of aromatic nitrogens is 1. The van der Waals surface area contributed by atoms with Crippen molar-refractivity contribution in [3.8, 4) is 39.1 Å². The second-order valence-corrected chi connectivity index (χ2v) is 10.1. The minimum Gasteiger partial charge on any atom is -0.310 e. The summed E-state index contributed by atoms with van der Waals surface area (Å²) >= 11 is 0. The van der Waals surface area contributed by atoms with Crippen molar-refractivity contribution in [1.82, 2.24) is 4.57 Å². The molecule has 0 amide bonds. The molecule has 0 atom stereocenters. The average molecular weight is 672 g/mol. The fraction of sp³-hybridized carbons (Fsp3) is 0. The third kappa shape index (κ3) is 5.24. The van der Waals surface area contributed by atoms with Crippen LogP contribution in [0.5, 0.6) is 0 Å². The number of rotatable bonds is 7. The normalized spacial score (nSPS) is 20.4. The number of fused-ring (bicyclic) bond motifs is 3. The highest BCUT2D eigenvalue weighted by molar-refractivity contribution is 6.17. The van der Waals surface area contributed by atoms with E-state index in [0.717, 1.165) is 0 Å². The quantitative estimate of drug-likeness (QED) is 0.164. The summed E-state index contributed by atoms with van der Waals surface area (Å²) < 4.78 is 297. The molecule has 2 nitrogen and oxygen atoms in total. The van der Waals surface area contributed by atoms with E-state index in [2.05, 4.69) is 0 Å². The Bertz CT molecular complexity index is 4370. The van der Waals surface area contributed by atoms with Crippen molar-refractivity contribution in [2.75, 3.05) is 4.90 Å². The van der Waals surface area contributed by atoms with E-state index in [9.17, 15) is 19.2 Å². The smallest absolute Gasteiger partial charge is 0.0645 e. The molecule has 1 aromatic heterocycles. The standard InChI is InChI=1S/C48H34N2/c1-4-15-35(16-5-1)37-27-31-40(32-28-37)49(41-33-29-38(30-34-41)36-17-6-2-7-18-36)45-24-12-10-21-42(45)43-23-14-26-47-48(43)44-22-11-13-25-46(44)50(47)39-19-8-3-9-20-39/h1-34H/i1D,2D,3D,4D,5D,6D,7D,8D,9D,10D,11D,12D,13D,14D,15D,16D,17D,18D,19D,20D,21D,22D,23D,24D,25D,26D,27D,28D,29D,30D,31D,32D,33D. The molecule has 9 rings (SSSR count). The van der Waals surface area contributed by atoms with Gasteiger partial charge in [0.15, 0.2) is 0 Å². The molecule has 2 heteroatoms. The van der Waals surface area contributed by atoms with Gasteiger partial charge in [0, 0.05) is 33.4 Å². The summed E-state index contributed by atoms with van der Waals surface area (Å²) in [6.07, 6.45) is 0. The van der Waals surface area contributed by atoms with E-state index in [1.165, 1.54) is 0 Å². The monoisotopic (exact) mass is 671 g/mol. The topological polar surface area (TPSA) is 8.17 Å². The molecule has 0 N–H and O–H groups in total. The highest BCUT2D eigenvalue weighted by Crippen LogP contribution is 2.45. The molecule has 0 saturated carbocycles. The lowest BCUT2D eigenvalue weighted by atomic mass is 9.96. The van der Waals surface area contributed by atoms with Gasteiger partial charge in [-0.15, -0.1) is 0 Å². The molecule has 50 heavy (non-hydrogen) atoms. The van der Waals surface area contributed by atoms with Gasteiger partial charge in [-0.05, 0) is 82.2 Å². The van der Waals surface area contributed by atoms with Crippen LogP contribution in [0.25, 0.3) is 60.9 Å². The largest absolute Gasteiger partial charge is 0.310 e. The Morgan fingerprint density at radius 3 is 1.62 bits per heavy atom. The van der Waals surface area contributed by atoms with Gasteiger partial charge in [-0.2, -0.15) is 0 Å². The summed E-state index contributed by atoms with van der Waals surface area (Å²) in [6, 6.07) is -34.8. The first kappa shape index (κ1) is 10.9. The molecule has 8 aromatic carbocycles. The zero-order valence-corrected chi connectivity index (χ0v) is 25.0. The van der Waals surface area contributed by atoms with Crippen LogP contribution in [0.15, 0.2) is 205 Å². The third-order valence-electron chi connectivity index (χ3n) is 7.32. The predicted octanol–water partition coefficient (Wildman–Crippen LogP) is 13.3. The highest BCUT2D eigenvalue weighted by Gasteiger charge is 2.21. The fourth-order valence-corrected chi connectivity index (χ4v) is 5.23. The number of anilines is 3. The van der Waals surface area contributed by atoms with Crippen LogP contribution in [-0.4, -0.2) is 4.57 Å². The number of nitrogens with zero attached hydrogens (tertiary/aromatic N) is 2. The van der Waals surface area contributed by atoms with Gasteiger partial charge in [-0.25, -0.2) is 0 Å². The molecule has 1 heterocycles. The van der Waals surface area contributed by atoms with Crippen molar-refractivity contribution in [2.24, 2.45) is 0 Å². The SMILES string of the molecule is [2H]c1cc(N(c2c([2H])c([2H])c(-c3c([2H])c([2H])c([2H])c([2H])c3[2H])c([2H])c2[2H])c2c([2H])c([2H])c([2H])c([2H])c2-c2c([2H])c([2H])c([2H])c3c2c2c([2H])c([2H])c([2H])c([2H])c2n3-c2c([2H])c([2H])c([2H])c([2H])c2[2H])c([2H])c([2H])c1-c1c([2H])c([2H])c([2H])c([2H])c1[2H]. The zero-order chi connectivity index (χ0) is 62.0. The van der Waals surface area contributed by atoms with Crippen LogP contribution >= 0.6 is 0 Å². The molecule has 0 fully saturated rings. The second kappa shape index (κ2) is 12.8. The maximum atomic E-state index is 9.72. The molecular formula is C48H34N2. The van der Waals surface area contributed by atoms with Crippen LogP contribution in [0.1, 0.15) is 45.2 Å². The number of para-hydroxylation sites is 3. The van der Waals surface area contributed by atoms with E-state index in [1.54, 1.807) is 0 Å². The fourth-order valence-electron chi connectivity index (χ4n) is 5.23. The first-order valence-corrected chi connectivity index (χ1v) is 14.4. The van der Waals surface area contributed by atoms with E-state index in [-0.39, 0.29) is 0 Å². The van der Waals surface area contributed by atoms with Gasteiger partial charge in [0.25, 0.3) is 0 Å². The third-order valence-corrected chi connectivity index (χ3v) is 7.32. The Balaban J connectivity index is 1.58. The zero-order valence-electron chi connectivity index (χ0n) is 58.0. The van der Waals surface area contributed by atoms with E-state index in [0.29, 0.717) is 15.5 Å². The Kier molecular flexibility index (Phi) is 2.79. The molecule has 0 aliphatic carbocycles. The summed E-state index contributed by atoms with van der Waals surface area (Å²) in [5.41, 5.74) is -11.3. The van der Waals surface area contributed by atoms with Gasteiger partial charge >= 0.3 is 0 Å². The van der Waals surface area contributed by atoms with Crippen molar-refractivity contribution in [3.63, 3.8) is 0 Å². The first-order chi connectivity index (χ1) is 38.5. The lowest BCUT2D eigenvalue weighted by Gasteiger charge is -2.28. The van der Waals surface area contributed by atoms with Crippen LogP contribution in [0.3, 0.4) is 0 Å². The van der Waals surface area contributed by atoms with Crippen LogP contribution in [0.4, 0.5) is 17.1 Å². The molecule has 0 unspecified atom stereocenters. The Morgan fingerprint density at radius 2 is 0.900 bits per heavy atom. The number of benzene rings is 8. The Morgan fingerprint density at radius 1 is 0.380 bits per heavy atom. The van der Waals surface area contributed by atoms with Crippen molar-refractivity contribution in [2.45, 2.75) is 0 Å². The molecule has 0 bridgehead atoms. The summed E-state index contributed by atoms with van der Waals surface area (Å²) in [7, 11) is 0. The van der Waals surface area contributed by atoms with Gasteiger partial charge < -0.3 is 9.47 Å². The molecule has 9 aromatic rings. The summed E-state index contributed by atoms with van der Waals surface area (Å²) in [6.45, 7) is 0. The van der Waals surface area contributed by atoms with Gasteiger partial charge in [-0.3, -0.25) is 0 Å². The summed E-state index contributed by atoms with van der Waals surface area (Å²) in [5, 5.41) is -1.55. The molecule has 0 spiro atoms. The van der Waals surface area contributed by atoms with Gasteiger partial charge in [0.2, 0.25) is 0 Å². The van der Waals surface area contributed by atoms with Gasteiger partial charge in [-0.1, -0.05) is 151 Å². The van der Waals surface area contributed by atoms with E-state index < -0.39 is 277 Å². The second-order valence-electron chi connectivity index (χ2n) is 10.1. The van der Waals surface area contributed by atoms with Crippen molar-refractivity contribution in [1.29, 1.82) is 0 Å². The van der Waals surface area contributed by atoms with E-state index in [1.807, 2.05) is 0 Å².